The van der Waals surface area contributed by atoms with Crippen molar-refractivity contribution in [3.63, 3.8) is 0 Å². The molecular weight excluding hydrogens is 472 g/mol. The Morgan fingerprint density at radius 3 is 2.33 bits per heavy atom. The van der Waals surface area contributed by atoms with Gasteiger partial charge < -0.3 is 15.9 Å². The lowest BCUT2D eigenvalue weighted by Crippen LogP contribution is -2.26. The first-order chi connectivity index (χ1) is 15.6. The molecule has 3 heterocycles. The minimum Gasteiger partial charge on any atom is -0.330 e. The summed E-state index contributed by atoms with van der Waals surface area (Å²) in [5.74, 6) is -0.779. The molecule has 0 aliphatic rings. The summed E-state index contributed by atoms with van der Waals surface area (Å²) in [5.41, 5.74) is 13.3. The molecule has 0 spiro atoms. The standard InChI is InChI=1S/C17H20N10O4S2/c18-6-10(7-19)11-5-12(32(20,28)29)16(33(21,30)31)15(17-23-25-26-24-17)14(11)9-1-2-13-22-3-4-27(13)8-9/h1-5,8,10H,6-7,18-19H2,(H2,20,28,29)(H2,21,30,31)(H,23,24,25,26). The summed E-state index contributed by atoms with van der Waals surface area (Å²) in [7, 11) is -9.22. The van der Waals surface area contributed by atoms with Gasteiger partial charge in [0.2, 0.25) is 25.9 Å². The number of rotatable bonds is 7. The first-order valence-electron chi connectivity index (χ1n) is 9.39. The molecule has 4 rings (SSSR count). The molecule has 16 heteroatoms. The molecule has 1 aromatic carbocycles. The van der Waals surface area contributed by atoms with Crippen LogP contribution in [0.3, 0.4) is 0 Å². The van der Waals surface area contributed by atoms with Gasteiger partial charge in [-0.15, -0.1) is 10.2 Å². The van der Waals surface area contributed by atoms with Gasteiger partial charge in [-0.1, -0.05) is 0 Å². The average molecular weight is 493 g/mol. The van der Waals surface area contributed by atoms with Crippen LogP contribution < -0.4 is 21.7 Å². The predicted octanol–water partition coefficient (Wildman–Crippen LogP) is -1.52. The van der Waals surface area contributed by atoms with E-state index in [1.165, 1.54) is 0 Å². The van der Waals surface area contributed by atoms with Crippen molar-refractivity contribution < 1.29 is 16.8 Å². The van der Waals surface area contributed by atoms with E-state index in [4.69, 9.17) is 21.7 Å². The molecule has 0 aliphatic heterocycles. The third-order valence-electron chi connectivity index (χ3n) is 5.12. The molecule has 4 aromatic rings. The SMILES string of the molecule is NCC(CN)c1cc(S(N)(=O)=O)c(S(N)(=O)=O)c(-c2nn[nH]n2)c1-c1ccc2nccn2c1. The fourth-order valence-electron chi connectivity index (χ4n) is 3.69. The number of nitrogens with two attached hydrogens (primary N) is 4. The molecule has 0 radical (unpaired) electrons. The van der Waals surface area contributed by atoms with Gasteiger partial charge in [-0.25, -0.2) is 32.1 Å². The molecule has 3 aromatic heterocycles. The normalized spacial score (nSPS) is 12.6. The van der Waals surface area contributed by atoms with Crippen LogP contribution in [0, 0.1) is 0 Å². The molecule has 174 valence electrons. The van der Waals surface area contributed by atoms with Gasteiger partial charge in [-0.3, -0.25) is 0 Å². The number of H-pyrrole nitrogens is 1. The number of hydrogen-bond acceptors (Lipinski definition) is 10. The fourth-order valence-corrected chi connectivity index (χ4v) is 5.85. The maximum Gasteiger partial charge on any atom is 0.240 e. The molecule has 0 bridgehead atoms. The second-order valence-corrected chi connectivity index (χ2v) is 10.2. The van der Waals surface area contributed by atoms with Crippen LogP contribution in [-0.4, -0.2) is 59.9 Å². The van der Waals surface area contributed by atoms with E-state index >= 15 is 0 Å². The summed E-state index contributed by atoms with van der Waals surface area (Å²) in [5, 5.41) is 24.4. The number of aromatic nitrogens is 6. The summed E-state index contributed by atoms with van der Waals surface area (Å²) in [6.07, 6.45) is 4.95. The summed E-state index contributed by atoms with van der Waals surface area (Å²) in [4.78, 5) is 2.71. The Bertz CT molecular complexity index is 1540. The van der Waals surface area contributed by atoms with Gasteiger partial charge in [-0.05, 0) is 40.1 Å². The third kappa shape index (κ3) is 4.10. The summed E-state index contributed by atoms with van der Waals surface area (Å²) in [6, 6.07) is 4.51. The summed E-state index contributed by atoms with van der Waals surface area (Å²) in [6.45, 7) is 0.0581. The minimum absolute atomic E-state index is 0.0291. The average Bonchev–Trinajstić information content (AvgIpc) is 3.43. The maximum absolute atomic E-state index is 12.7. The van der Waals surface area contributed by atoms with Gasteiger partial charge in [-0.2, -0.15) is 5.21 Å². The largest absolute Gasteiger partial charge is 0.330 e. The number of nitrogens with zero attached hydrogens (tertiary/aromatic N) is 5. The molecule has 0 atom stereocenters. The van der Waals surface area contributed by atoms with Crippen molar-refractivity contribution in [2.45, 2.75) is 15.7 Å². The quantitative estimate of drug-likeness (QED) is 0.199. The van der Waals surface area contributed by atoms with E-state index in [1.54, 1.807) is 35.1 Å². The number of imidazole rings is 1. The molecule has 9 N–H and O–H groups in total. The zero-order valence-corrected chi connectivity index (χ0v) is 18.6. The van der Waals surface area contributed by atoms with Crippen LogP contribution in [0.1, 0.15) is 11.5 Å². The van der Waals surface area contributed by atoms with Crippen molar-refractivity contribution in [3.05, 3.63) is 42.4 Å². The third-order valence-corrected chi connectivity index (χ3v) is 7.18. The first kappa shape index (κ1) is 22.9. The number of tetrazole rings is 1. The molecule has 33 heavy (non-hydrogen) atoms. The number of primary sulfonamides is 2. The fraction of sp³-hybridized carbons (Fsp3) is 0.176. The molecule has 0 fully saturated rings. The second-order valence-electron chi connectivity index (χ2n) is 7.15. The highest BCUT2D eigenvalue weighted by Gasteiger charge is 2.34. The van der Waals surface area contributed by atoms with Gasteiger partial charge in [0.15, 0.2) is 0 Å². The number of aromatic amines is 1. The van der Waals surface area contributed by atoms with E-state index in [-0.39, 0.29) is 30.0 Å². The van der Waals surface area contributed by atoms with Crippen LogP contribution in [0.25, 0.3) is 28.2 Å². The van der Waals surface area contributed by atoms with Gasteiger partial charge in [0.25, 0.3) is 0 Å². The van der Waals surface area contributed by atoms with Crippen LogP contribution in [0.4, 0.5) is 0 Å². The monoisotopic (exact) mass is 492 g/mol. The maximum atomic E-state index is 12.7. The Morgan fingerprint density at radius 2 is 1.76 bits per heavy atom. The molecular formula is C17H20N10O4S2. The van der Waals surface area contributed by atoms with Gasteiger partial charge >= 0.3 is 0 Å². The number of fused-ring (bicyclic) bond motifs is 1. The Morgan fingerprint density at radius 1 is 1.03 bits per heavy atom. The first-order valence-corrected chi connectivity index (χ1v) is 12.5. The smallest absolute Gasteiger partial charge is 0.240 e. The Balaban J connectivity index is 2.28. The van der Waals surface area contributed by atoms with Crippen molar-refractivity contribution in [3.8, 4) is 22.5 Å². The minimum atomic E-state index is -4.65. The number of benzene rings is 1. The molecule has 0 saturated carbocycles. The van der Waals surface area contributed by atoms with Gasteiger partial charge in [0.1, 0.15) is 15.4 Å². The topological polar surface area (TPSA) is 244 Å². The van der Waals surface area contributed by atoms with Crippen molar-refractivity contribution >= 4 is 25.7 Å². The molecule has 0 saturated heterocycles. The lowest BCUT2D eigenvalue weighted by Gasteiger charge is -2.23. The molecule has 0 unspecified atom stereocenters. The number of hydrogen-bond donors (Lipinski definition) is 5. The van der Waals surface area contributed by atoms with Crippen LogP contribution >= 0.6 is 0 Å². The van der Waals surface area contributed by atoms with Crippen LogP contribution in [0.15, 0.2) is 46.6 Å². The van der Waals surface area contributed by atoms with Crippen molar-refractivity contribution in [2.24, 2.45) is 21.7 Å². The summed E-state index contributed by atoms with van der Waals surface area (Å²) >= 11 is 0. The lowest BCUT2D eigenvalue weighted by atomic mass is 9.87. The highest BCUT2D eigenvalue weighted by molar-refractivity contribution is 7.92. The van der Waals surface area contributed by atoms with Crippen LogP contribution in [0.2, 0.25) is 0 Å². The van der Waals surface area contributed by atoms with Crippen molar-refractivity contribution in [1.82, 2.24) is 30.0 Å². The Kier molecular flexibility index (Phi) is 5.72. The number of nitrogens with one attached hydrogen (secondary N) is 1. The van der Waals surface area contributed by atoms with E-state index in [9.17, 15) is 16.8 Å². The van der Waals surface area contributed by atoms with E-state index in [0.717, 1.165) is 6.07 Å². The Hall–Kier alpha value is -3.28. The Labute approximate surface area is 188 Å². The van der Waals surface area contributed by atoms with Crippen molar-refractivity contribution in [2.75, 3.05) is 13.1 Å². The molecule has 14 nitrogen and oxygen atoms in total. The number of pyridine rings is 1. The molecule has 0 amide bonds. The van der Waals surface area contributed by atoms with Gasteiger partial charge in [0.05, 0.1) is 5.56 Å². The van der Waals surface area contributed by atoms with E-state index in [2.05, 4.69) is 25.6 Å². The van der Waals surface area contributed by atoms with Gasteiger partial charge in [0, 0.05) is 37.6 Å². The van der Waals surface area contributed by atoms with Crippen LogP contribution in [0.5, 0.6) is 0 Å². The zero-order chi connectivity index (χ0) is 24.0. The van der Waals surface area contributed by atoms with Crippen molar-refractivity contribution in [1.29, 1.82) is 0 Å². The summed E-state index contributed by atoms with van der Waals surface area (Å²) < 4.78 is 52.1. The van der Waals surface area contributed by atoms with E-state index in [1.807, 2.05) is 0 Å². The highest BCUT2D eigenvalue weighted by atomic mass is 32.2. The molecule has 0 aliphatic carbocycles. The number of sulfonamides is 2. The van der Waals surface area contributed by atoms with E-state index < -0.39 is 35.8 Å². The predicted molar refractivity (Wildman–Crippen MR) is 117 cm³/mol. The van der Waals surface area contributed by atoms with E-state index in [0.29, 0.717) is 16.8 Å². The lowest BCUT2D eigenvalue weighted by molar-refractivity contribution is 0.584. The second kappa shape index (κ2) is 8.25. The highest BCUT2D eigenvalue weighted by Crippen LogP contribution is 2.43. The van der Waals surface area contributed by atoms with Crippen LogP contribution in [-0.2, 0) is 20.0 Å². The zero-order valence-electron chi connectivity index (χ0n) is 17.0.